The zero-order valence-electron chi connectivity index (χ0n) is 11.1. The van der Waals surface area contributed by atoms with Crippen molar-refractivity contribution in [2.45, 2.75) is 46.0 Å². The molecule has 110 valence electrons. The number of hydrogen-bond acceptors (Lipinski definition) is 4. The van der Waals surface area contributed by atoms with Crippen molar-refractivity contribution in [2.75, 3.05) is 13.2 Å². The number of alkyl halides is 3. The molecule has 1 heterocycles. The second-order valence-electron chi connectivity index (χ2n) is 4.12. The third-order valence-corrected chi connectivity index (χ3v) is 3.41. The van der Waals surface area contributed by atoms with Crippen LogP contribution in [0.25, 0.3) is 0 Å². The number of nitrogens with one attached hydrogen (secondary N) is 1. The molecule has 0 aliphatic carbocycles. The van der Waals surface area contributed by atoms with Gasteiger partial charge < -0.3 is 10.1 Å². The third-order valence-electron chi connectivity index (χ3n) is 2.34. The third kappa shape index (κ3) is 6.35. The summed E-state index contributed by atoms with van der Waals surface area (Å²) in [7, 11) is 0. The monoisotopic (exact) mass is 296 g/mol. The minimum Gasteiger partial charge on any atom is -0.365 e. The van der Waals surface area contributed by atoms with Gasteiger partial charge in [-0.25, -0.2) is 4.98 Å². The van der Waals surface area contributed by atoms with Gasteiger partial charge in [-0.15, -0.1) is 11.3 Å². The number of aryl methyl sites for hydroxylation is 1. The Hall–Kier alpha value is -0.660. The molecule has 3 nitrogen and oxygen atoms in total. The molecule has 0 saturated carbocycles. The molecule has 1 aromatic rings. The maximum Gasteiger partial charge on any atom is 0.411 e. The molecule has 0 unspecified atom stereocenters. The summed E-state index contributed by atoms with van der Waals surface area (Å²) < 4.78 is 40.6. The molecule has 0 aromatic carbocycles. The number of ether oxygens (including phenoxy) is 1. The van der Waals surface area contributed by atoms with Crippen molar-refractivity contribution in [1.82, 2.24) is 10.3 Å². The van der Waals surface area contributed by atoms with Gasteiger partial charge in [-0.05, 0) is 13.0 Å². The highest BCUT2D eigenvalue weighted by molar-refractivity contribution is 7.11. The summed E-state index contributed by atoms with van der Waals surface area (Å²) in [6, 6.07) is 0. The Balaban J connectivity index is 2.58. The molecule has 0 aliphatic rings. The highest BCUT2D eigenvalue weighted by Gasteiger charge is 2.27. The number of rotatable bonds is 8. The van der Waals surface area contributed by atoms with E-state index in [0.29, 0.717) is 11.6 Å². The largest absolute Gasteiger partial charge is 0.411 e. The number of aromatic nitrogens is 1. The summed E-state index contributed by atoms with van der Waals surface area (Å²) in [6.07, 6.45) is -2.47. The van der Waals surface area contributed by atoms with Crippen LogP contribution in [0.1, 0.15) is 35.8 Å². The van der Waals surface area contributed by atoms with Gasteiger partial charge in [0.2, 0.25) is 0 Å². The minimum absolute atomic E-state index is 0.0764. The van der Waals surface area contributed by atoms with E-state index < -0.39 is 12.8 Å². The Labute approximate surface area is 115 Å². The topological polar surface area (TPSA) is 34.1 Å². The molecule has 0 fully saturated rings. The van der Waals surface area contributed by atoms with Crippen LogP contribution in [0.5, 0.6) is 0 Å². The van der Waals surface area contributed by atoms with E-state index in [1.54, 1.807) is 0 Å². The molecule has 19 heavy (non-hydrogen) atoms. The van der Waals surface area contributed by atoms with Crippen LogP contribution in [0.3, 0.4) is 0 Å². The first-order valence-electron chi connectivity index (χ1n) is 6.29. The van der Waals surface area contributed by atoms with Crippen molar-refractivity contribution in [3.8, 4) is 0 Å². The van der Waals surface area contributed by atoms with Crippen molar-refractivity contribution < 1.29 is 17.9 Å². The number of thiazole rings is 1. The van der Waals surface area contributed by atoms with E-state index in [-0.39, 0.29) is 6.61 Å². The summed E-state index contributed by atoms with van der Waals surface area (Å²) in [5.74, 6) is 0. The fourth-order valence-electron chi connectivity index (χ4n) is 1.56. The second kappa shape index (κ2) is 7.81. The van der Waals surface area contributed by atoms with Gasteiger partial charge in [-0.1, -0.05) is 20.3 Å². The minimum atomic E-state index is -4.28. The Morgan fingerprint density at radius 2 is 2.05 bits per heavy atom. The molecule has 0 saturated heterocycles. The average Bonchev–Trinajstić information content (AvgIpc) is 2.68. The Kier molecular flexibility index (Phi) is 6.74. The lowest BCUT2D eigenvalue weighted by atomic mass is 10.2. The summed E-state index contributed by atoms with van der Waals surface area (Å²) in [5, 5.41) is 3.82. The maximum atomic E-state index is 12.0. The van der Waals surface area contributed by atoms with Crippen LogP contribution in [0.2, 0.25) is 0 Å². The van der Waals surface area contributed by atoms with Gasteiger partial charge in [0.1, 0.15) is 11.6 Å². The lowest BCUT2D eigenvalue weighted by Gasteiger charge is -2.05. The quantitative estimate of drug-likeness (QED) is 0.799. The van der Waals surface area contributed by atoms with Crippen molar-refractivity contribution in [3.63, 3.8) is 0 Å². The number of hydrogen-bond donors (Lipinski definition) is 1. The van der Waals surface area contributed by atoms with Crippen LogP contribution in [0.4, 0.5) is 13.2 Å². The van der Waals surface area contributed by atoms with Gasteiger partial charge in [-0.3, -0.25) is 0 Å². The molecule has 1 rings (SSSR count). The molecule has 0 radical (unpaired) electrons. The van der Waals surface area contributed by atoms with Crippen LogP contribution < -0.4 is 5.32 Å². The Bertz CT molecular complexity index is 380. The van der Waals surface area contributed by atoms with E-state index in [1.165, 1.54) is 11.3 Å². The molecule has 0 amide bonds. The van der Waals surface area contributed by atoms with Crippen LogP contribution >= 0.6 is 11.3 Å². The summed E-state index contributed by atoms with van der Waals surface area (Å²) in [4.78, 5) is 5.45. The fraction of sp³-hybridized carbons (Fsp3) is 0.750. The normalized spacial score (nSPS) is 12.1. The lowest BCUT2D eigenvalue weighted by Crippen LogP contribution is -2.16. The van der Waals surface area contributed by atoms with Gasteiger partial charge >= 0.3 is 6.18 Å². The van der Waals surface area contributed by atoms with Gasteiger partial charge in [-0.2, -0.15) is 13.2 Å². The SMILES string of the molecule is CCCc1nc(COCC(F)(F)F)sc1CNCC. The molecule has 1 N–H and O–H groups in total. The molecular weight excluding hydrogens is 277 g/mol. The number of nitrogens with zero attached hydrogens (tertiary/aromatic N) is 1. The van der Waals surface area contributed by atoms with Gasteiger partial charge in [0.25, 0.3) is 0 Å². The van der Waals surface area contributed by atoms with E-state index >= 15 is 0 Å². The molecular formula is C12H19F3N2OS. The van der Waals surface area contributed by atoms with Crippen LogP contribution in [-0.2, 0) is 24.3 Å². The first-order chi connectivity index (χ1) is 8.96. The molecule has 0 spiro atoms. The predicted molar refractivity (Wildman–Crippen MR) is 69.2 cm³/mol. The second-order valence-corrected chi connectivity index (χ2v) is 5.28. The van der Waals surface area contributed by atoms with E-state index in [9.17, 15) is 13.2 Å². The van der Waals surface area contributed by atoms with Crippen LogP contribution in [-0.4, -0.2) is 24.3 Å². The van der Waals surface area contributed by atoms with Crippen molar-refractivity contribution in [3.05, 3.63) is 15.6 Å². The Morgan fingerprint density at radius 1 is 1.32 bits per heavy atom. The van der Waals surface area contributed by atoms with Crippen molar-refractivity contribution in [1.29, 1.82) is 0 Å². The van der Waals surface area contributed by atoms with E-state index in [4.69, 9.17) is 0 Å². The van der Waals surface area contributed by atoms with E-state index in [2.05, 4.69) is 22.0 Å². The van der Waals surface area contributed by atoms with Gasteiger partial charge in [0.05, 0.1) is 12.3 Å². The van der Waals surface area contributed by atoms with E-state index in [1.807, 2.05) is 6.92 Å². The molecule has 7 heteroatoms. The number of halogens is 3. The molecule has 1 aromatic heterocycles. The first kappa shape index (κ1) is 16.4. The van der Waals surface area contributed by atoms with E-state index in [0.717, 1.165) is 30.0 Å². The highest BCUT2D eigenvalue weighted by Crippen LogP contribution is 2.22. The van der Waals surface area contributed by atoms with Gasteiger partial charge in [0.15, 0.2) is 0 Å². The predicted octanol–water partition coefficient (Wildman–Crippen LogP) is 3.28. The van der Waals surface area contributed by atoms with Crippen LogP contribution in [0.15, 0.2) is 0 Å². The maximum absolute atomic E-state index is 12.0. The summed E-state index contributed by atoms with van der Waals surface area (Å²) in [6.45, 7) is 4.32. The smallest absolute Gasteiger partial charge is 0.365 e. The van der Waals surface area contributed by atoms with Gasteiger partial charge in [0, 0.05) is 11.4 Å². The summed E-state index contributed by atoms with van der Waals surface area (Å²) in [5.41, 5.74) is 0.971. The molecule has 0 aliphatic heterocycles. The fourth-order valence-corrected chi connectivity index (χ4v) is 2.58. The van der Waals surface area contributed by atoms with Crippen molar-refractivity contribution >= 4 is 11.3 Å². The zero-order valence-corrected chi connectivity index (χ0v) is 12.0. The Morgan fingerprint density at radius 3 is 2.63 bits per heavy atom. The summed E-state index contributed by atoms with van der Waals surface area (Å²) >= 11 is 1.42. The zero-order chi connectivity index (χ0) is 14.3. The lowest BCUT2D eigenvalue weighted by molar-refractivity contribution is -0.176. The standard InChI is InChI=1S/C12H19F3N2OS/c1-3-5-9-10(6-16-4-2)19-11(17-9)7-18-8-12(13,14)15/h16H,3-8H2,1-2H3. The van der Waals surface area contributed by atoms with Crippen LogP contribution in [0, 0.1) is 0 Å². The highest BCUT2D eigenvalue weighted by atomic mass is 32.1. The van der Waals surface area contributed by atoms with Crippen molar-refractivity contribution in [2.24, 2.45) is 0 Å². The molecule has 0 atom stereocenters. The first-order valence-corrected chi connectivity index (χ1v) is 7.10. The molecule has 0 bridgehead atoms. The average molecular weight is 296 g/mol.